The van der Waals surface area contributed by atoms with Crippen LogP contribution in [-0.4, -0.2) is 29.2 Å². The van der Waals surface area contributed by atoms with E-state index in [0.29, 0.717) is 0 Å². The molecule has 3 rings (SSSR count). The van der Waals surface area contributed by atoms with Crippen LogP contribution in [0, 0.1) is 6.92 Å². The quantitative estimate of drug-likeness (QED) is 0.861. The Bertz CT molecular complexity index is 505. The van der Waals surface area contributed by atoms with Crippen molar-refractivity contribution in [1.82, 2.24) is 15.3 Å². The van der Waals surface area contributed by atoms with E-state index in [9.17, 15) is 0 Å². The van der Waals surface area contributed by atoms with Crippen LogP contribution in [0.25, 0.3) is 10.2 Å². The Morgan fingerprint density at radius 2 is 2.44 bits per heavy atom. The minimum absolute atomic E-state index is 0.248. The fraction of sp³-hybridized carbons (Fsp3) is 0.455. The Morgan fingerprint density at radius 1 is 1.50 bits per heavy atom. The SMILES string of the molecule is Cc1cc2c(OC3CCNC3)ncnc2s1. The van der Waals surface area contributed by atoms with E-state index in [2.05, 4.69) is 28.3 Å². The number of thiophene rings is 1. The van der Waals surface area contributed by atoms with Gasteiger partial charge < -0.3 is 10.1 Å². The van der Waals surface area contributed by atoms with E-state index in [4.69, 9.17) is 4.74 Å². The van der Waals surface area contributed by atoms with Crippen molar-refractivity contribution in [3.05, 3.63) is 17.3 Å². The first kappa shape index (κ1) is 9.99. The summed E-state index contributed by atoms with van der Waals surface area (Å²) in [6.45, 7) is 4.02. The zero-order valence-electron chi connectivity index (χ0n) is 9.06. The molecule has 0 amide bonds. The highest BCUT2D eigenvalue weighted by Gasteiger charge is 2.18. The summed E-state index contributed by atoms with van der Waals surface area (Å²) < 4.78 is 5.89. The molecule has 5 heteroatoms. The molecule has 1 aliphatic heterocycles. The number of nitrogens with one attached hydrogen (secondary N) is 1. The first-order valence-corrected chi connectivity index (χ1v) is 6.23. The molecule has 1 saturated heterocycles. The van der Waals surface area contributed by atoms with Crippen molar-refractivity contribution in [2.24, 2.45) is 0 Å². The van der Waals surface area contributed by atoms with E-state index < -0.39 is 0 Å². The Kier molecular flexibility index (Phi) is 2.49. The van der Waals surface area contributed by atoms with Crippen LogP contribution in [0.3, 0.4) is 0 Å². The number of ether oxygens (including phenoxy) is 1. The van der Waals surface area contributed by atoms with Gasteiger partial charge in [-0.3, -0.25) is 0 Å². The maximum absolute atomic E-state index is 5.89. The summed E-state index contributed by atoms with van der Waals surface area (Å²) in [5, 5.41) is 4.32. The molecule has 1 atom stereocenters. The maximum Gasteiger partial charge on any atom is 0.225 e. The molecule has 3 heterocycles. The van der Waals surface area contributed by atoms with Crippen molar-refractivity contribution in [2.45, 2.75) is 19.4 Å². The number of rotatable bonds is 2. The van der Waals surface area contributed by atoms with Crippen LogP contribution >= 0.6 is 11.3 Å². The first-order valence-electron chi connectivity index (χ1n) is 5.41. The zero-order valence-corrected chi connectivity index (χ0v) is 9.88. The summed E-state index contributed by atoms with van der Waals surface area (Å²) >= 11 is 1.68. The molecule has 0 aliphatic carbocycles. The van der Waals surface area contributed by atoms with E-state index in [1.54, 1.807) is 17.7 Å². The summed E-state index contributed by atoms with van der Waals surface area (Å²) in [5.74, 6) is 0.725. The average Bonchev–Trinajstić information content (AvgIpc) is 2.86. The molecule has 84 valence electrons. The summed E-state index contributed by atoms with van der Waals surface area (Å²) in [7, 11) is 0. The summed E-state index contributed by atoms with van der Waals surface area (Å²) in [4.78, 5) is 10.7. The smallest absolute Gasteiger partial charge is 0.225 e. The van der Waals surface area contributed by atoms with Gasteiger partial charge in [0.2, 0.25) is 5.88 Å². The van der Waals surface area contributed by atoms with Crippen LogP contribution in [-0.2, 0) is 0 Å². The minimum atomic E-state index is 0.248. The lowest BCUT2D eigenvalue weighted by molar-refractivity contribution is 0.217. The van der Waals surface area contributed by atoms with Crippen LogP contribution in [0.5, 0.6) is 5.88 Å². The number of hydrogen-bond donors (Lipinski definition) is 1. The zero-order chi connectivity index (χ0) is 11.0. The normalized spacial score (nSPS) is 20.4. The van der Waals surface area contributed by atoms with Crippen molar-refractivity contribution < 1.29 is 4.74 Å². The fourth-order valence-electron chi connectivity index (χ4n) is 1.93. The van der Waals surface area contributed by atoms with Crippen molar-refractivity contribution in [3.8, 4) is 5.88 Å². The molecular weight excluding hydrogens is 222 g/mol. The van der Waals surface area contributed by atoms with Crippen LogP contribution < -0.4 is 10.1 Å². The van der Waals surface area contributed by atoms with Crippen molar-refractivity contribution in [1.29, 1.82) is 0 Å². The molecule has 0 bridgehead atoms. The standard InChI is InChI=1S/C11H13N3OS/c1-7-4-9-10(13-6-14-11(9)16-7)15-8-2-3-12-5-8/h4,6,8,12H,2-3,5H2,1H3. The van der Waals surface area contributed by atoms with Gasteiger partial charge in [0.25, 0.3) is 0 Å². The molecule has 0 radical (unpaired) electrons. The molecule has 0 aromatic carbocycles. The fourth-order valence-corrected chi connectivity index (χ4v) is 2.77. The molecule has 0 saturated carbocycles. The van der Waals surface area contributed by atoms with Gasteiger partial charge in [-0.05, 0) is 26.0 Å². The molecule has 1 unspecified atom stereocenters. The molecule has 2 aromatic rings. The first-order chi connectivity index (χ1) is 7.83. The van der Waals surface area contributed by atoms with E-state index in [1.807, 2.05) is 0 Å². The summed E-state index contributed by atoms with van der Waals surface area (Å²) in [5.41, 5.74) is 0. The van der Waals surface area contributed by atoms with E-state index in [-0.39, 0.29) is 6.10 Å². The number of fused-ring (bicyclic) bond motifs is 1. The number of nitrogens with zero attached hydrogens (tertiary/aromatic N) is 2. The monoisotopic (exact) mass is 235 g/mol. The van der Waals surface area contributed by atoms with Gasteiger partial charge in [0, 0.05) is 11.4 Å². The predicted octanol–water partition coefficient (Wildman–Crippen LogP) is 1.74. The van der Waals surface area contributed by atoms with Crippen molar-refractivity contribution in [2.75, 3.05) is 13.1 Å². The molecule has 0 spiro atoms. The van der Waals surface area contributed by atoms with Gasteiger partial charge in [-0.2, -0.15) is 0 Å². The minimum Gasteiger partial charge on any atom is -0.472 e. The van der Waals surface area contributed by atoms with Gasteiger partial charge in [0.1, 0.15) is 17.3 Å². The number of aromatic nitrogens is 2. The third-order valence-corrected chi connectivity index (χ3v) is 3.67. The maximum atomic E-state index is 5.89. The van der Waals surface area contributed by atoms with E-state index >= 15 is 0 Å². The second-order valence-electron chi connectivity index (χ2n) is 3.99. The highest BCUT2D eigenvalue weighted by molar-refractivity contribution is 7.18. The van der Waals surface area contributed by atoms with Crippen LogP contribution in [0.4, 0.5) is 0 Å². The van der Waals surface area contributed by atoms with Crippen molar-refractivity contribution in [3.63, 3.8) is 0 Å². The Morgan fingerprint density at radius 3 is 3.25 bits per heavy atom. The highest BCUT2D eigenvalue weighted by atomic mass is 32.1. The molecule has 1 aliphatic rings. The summed E-state index contributed by atoms with van der Waals surface area (Å²) in [6.07, 6.45) is 2.88. The number of aryl methyl sites for hydroxylation is 1. The van der Waals surface area contributed by atoms with Gasteiger partial charge in [-0.15, -0.1) is 11.3 Å². The molecule has 2 aromatic heterocycles. The largest absolute Gasteiger partial charge is 0.472 e. The van der Waals surface area contributed by atoms with Crippen LogP contribution in [0.1, 0.15) is 11.3 Å². The second kappa shape index (κ2) is 3.99. The molecule has 1 fully saturated rings. The molecule has 16 heavy (non-hydrogen) atoms. The Hall–Kier alpha value is -1.20. The lowest BCUT2D eigenvalue weighted by Crippen LogP contribution is -2.20. The summed E-state index contributed by atoms with van der Waals surface area (Å²) in [6, 6.07) is 2.09. The Balaban J connectivity index is 1.95. The lowest BCUT2D eigenvalue weighted by atomic mass is 10.3. The molecule has 1 N–H and O–H groups in total. The highest BCUT2D eigenvalue weighted by Crippen LogP contribution is 2.29. The molecular formula is C11H13N3OS. The third kappa shape index (κ3) is 1.76. The van der Waals surface area contributed by atoms with E-state index in [1.165, 1.54) is 4.88 Å². The topological polar surface area (TPSA) is 47.0 Å². The predicted molar refractivity (Wildman–Crippen MR) is 64.1 cm³/mol. The van der Waals surface area contributed by atoms with Crippen molar-refractivity contribution >= 4 is 21.6 Å². The van der Waals surface area contributed by atoms with Gasteiger partial charge in [-0.1, -0.05) is 0 Å². The Labute approximate surface area is 97.7 Å². The average molecular weight is 235 g/mol. The lowest BCUT2D eigenvalue weighted by Gasteiger charge is -2.11. The van der Waals surface area contributed by atoms with Gasteiger partial charge in [0.15, 0.2) is 0 Å². The van der Waals surface area contributed by atoms with E-state index in [0.717, 1.165) is 35.6 Å². The molecule has 4 nitrogen and oxygen atoms in total. The van der Waals surface area contributed by atoms with Gasteiger partial charge in [0.05, 0.1) is 5.39 Å². The van der Waals surface area contributed by atoms with Gasteiger partial charge in [-0.25, -0.2) is 9.97 Å². The van der Waals surface area contributed by atoms with Crippen LogP contribution in [0.15, 0.2) is 12.4 Å². The number of hydrogen-bond acceptors (Lipinski definition) is 5. The third-order valence-electron chi connectivity index (χ3n) is 2.71. The second-order valence-corrected chi connectivity index (χ2v) is 5.22. The van der Waals surface area contributed by atoms with Crippen LogP contribution in [0.2, 0.25) is 0 Å². The van der Waals surface area contributed by atoms with Gasteiger partial charge >= 0.3 is 0 Å².